The zero-order chi connectivity index (χ0) is 10.8. The van der Waals surface area contributed by atoms with Crippen LogP contribution < -0.4 is 5.32 Å². The lowest BCUT2D eigenvalue weighted by Crippen LogP contribution is -2.53. The van der Waals surface area contributed by atoms with Gasteiger partial charge in [-0.1, -0.05) is 0 Å². The molecule has 1 fully saturated rings. The van der Waals surface area contributed by atoms with Crippen LogP contribution in [0.3, 0.4) is 0 Å². The standard InChI is InChI=1S/C11H20N4/c1-8-6-15(9(2)4-12-8)7-11-5-13-14-10(11)3/h5,8-9,12H,4,6-7H2,1-3H3,(H,13,14). The molecule has 2 rings (SSSR count). The monoisotopic (exact) mass is 208 g/mol. The van der Waals surface area contributed by atoms with E-state index in [-0.39, 0.29) is 0 Å². The van der Waals surface area contributed by atoms with Crippen LogP contribution in [0, 0.1) is 6.92 Å². The van der Waals surface area contributed by atoms with Gasteiger partial charge in [-0.2, -0.15) is 5.10 Å². The number of hydrogen-bond acceptors (Lipinski definition) is 3. The fourth-order valence-electron chi connectivity index (χ4n) is 2.07. The minimum absolute atomic E-state index is 0.591. The average molecular weight is 208 g/mol. The lowest BCUT2D eigenvalue weighted by Gasteiger charge is -2.37. The minimum Gasteiger partial charge on any atom is -0.311 e. The largest absolute Gasteiger partial charge is 0.311 e. The molecule has 0 aromatic carbocycles. The second kappa shape index (κ2) is 4.33. The van der Waals surface area contributed by atoms with E-state index in [9.17, 15) is 0 Å². The number of H-pyrrole nitrogens is 1. The number of aryl methyl sites for hydroxylation is 1. The lowest BCUT2D eigenvalue weighted by molar-refractivity contribution is 0.138. The Hall–Kier alpha value is -0.870. The van der Waals surface area contributed by atoms with E-state index in [0.29, 0.717) is 12.1 Å². The molecule has 0 saturated carbocycles. The highest BCUT2D eigenvalue weighted by atomic mass is 15.2. The van der Waals surface area contributed by atoms with Gasteiger partial charge in [-0.25, -0.2) is 0 Å². The molecule has 15 heavy (non-hydrogen) atoms. The second-order valence-corrected chi connectivity index (χ2v) is 4.61. The van der Waals surface area contributed by atoms with Gasteiger partial charge < -0.3 is 5.32 Å². The van der Waals surface area contributed by atoms with Crippen LogP contribution in [0.15, 0.2) is 6.20 Å². The van der Waals surface area contributed by atoms with E-state index in [4.69, 9.17) is 0 Å². The van der Waals surface area contributed by atoms with Crippen LogP contribution in [0.5, 0.6) is 0 Å². The van der Waals surface area contributed by atoms with Crippen LogP contribution in [-0.4, -0.2) is 40.3 Å². The van der Waals surface area contributed by atoms with Crippen molar-refractivity contribution < 1.29 is 0 Å². The summed E-state index contributed by atoms with van der Waals surface area (Å²) in [5.74, 6) is 0. The molecule has 0 amide bonds. The number of nitrogens with zero attached hydrogens (tertiary/aromatic N) is 2. The fraction of sp³-hybridized carbons (Fsp3) is 0.727. The Kier molecular flexibility index (Phi) is 3.07. The molecule has 1 aliphatic rings. The van der Waals surface area contributed by atoms with Gasteiger partial charge in [0.2, 0.25) is 0 Å². The zero-order valence-corrected chi connectivity index (χ0v) is 9.75. The summed E-state index contributed by atoms with van der Waals surface area (Å²) in [6.07, 6.45) is 1.94. The minimum atomic E-state index is 0.591. The SMILES string of the molecule is Cc1[nH]ncc1CN1CC(C)NCC1C. The summed E-state index contributed by atoms with van der Waals surface area (Å²) in [4.78, 5) is 2.51. The van der Waals surface area contributed by atoms with E-state index in [1.807, 2.05) is 6.20 Å². The molecule has 2 atom stereocenters. The summed E-state index contributed by atoms with van der Waals surface area (Å²) < 4.78 is 0. The van der Waals surface area contributed by atoms with E-state index < -0.39 is 0 Å². The van der Waals surface area contributed by atoms with Gasteiger partial charge in [0.15, 0.2) is 0 Å². The number of aromatic nitrogens is 2. The number of hydrogen-bond donors (Lipinski definition) is 2. The highest BCUT2D eigenvalue weighted by Gasteiger charge is 2.22. The predicted octanol–water partition coefficient (Wildman–Crippen LogP) is 0.900. The van der Waals surface area contributed by atoms with Gasteiger partial charge in [0, 0.05) is 43.0 Å². The molecule has 1 aromatic heterocycles. The molecule has 1 saturated heterocycles. The summed E-state index contributed by atoms with van der Waals surface area (Å²) in [7, 11) is 0. The van der Waals surface area contributed by atoms with Crippen molar-refractivity contribution in [2.75, 3.05) is 13.1 Å². The molecule has 0 radical (unpaired) electrons. The van der Waals surface area contributed by atoms with Crippen molar-refractivity contribution in [2.24, 2.45) is 0 Å². The summed E-state index contributed by atoms with van der Waals surface area (Å²) in [6, 6.07) is 1.20. The van der Waals surface area contributed by atoms with E-state index >= 15 is 0 Å². The topological polar surface area (TPSA) is 44.0 Å². The van der Waals surface area contributed by atoms with Gasteiger partial charge in [0.25, 0.3) is 0 Å². The van der Waals surface area contributed by atoms with Gasteiger partial charge in [-0.15, -0.1) is 0 Å². The Morgan fingerprint density at radius 1 is 1.53 bits per heavy atom. The second-order valence-electron chi connectivity index (χ2n) is 4.61. The van der Waals surface area contributed by atoms with E-state index in [1.54, 1.807) is 0 Å². The summed E-state index contributed by atoms with van der Waals surface area (Å²) in [6.45, 7) is 9.80. The van der Waals surface area contributed by atoms with Crippen molar-refractivity contribution in [3.05, 3.63) is 17.5 Å². The maximum absolute atomic E-state index is 4.06. The quantitative estimate of drug-likeness (QED) is 0.759. The maximum Gasteiger partial charge on any atom is 0.0535 e. The van der Waals surface area contributed by atoms with Gasteiger partial charge in [0.05, 0.1) is 6.20 Å². The molecule has 0 spiro atoms. The van der Waals surface area contributed by atoms with Gasteiger partial charge in [-0.05, 0) is 20.8 Å². The predicted molar refractivity (Wildman–Crippen MR) is 60.7 cm³/mol. The smallest absolute Gasteiger partial charge is 0.0535 e. The van der Waals surface area contributed by atoms with Crippen molar-refractivity contribution in [1.82, 2.24) is 20.4 Å². The molecule has 4 nitrogen and oxygen atoms in total. The highest BCUT2D eigenvalue weighted by molar-refractivity contribution is 5.14. The first-order valence-electron chi connectivity index (χ1n) is 5.63. The fourth-order valence-corrected chi connectivity index (χ4v) is 2.07. The average Bonchev–Trinajstić information content (AvgIpc) is 2.58. The lowest BCUT2D eigenvalue weighted by atomic mass is 10.1. The Balaban J connectivity index is 2.01. The summed E-state index contributed by atoms with van der Waals surface area (Å²) in [5, 5.41) is 10.5. The third kappa shape index (κ3) is 2.38. The van der Waals surface area contributed by atoms with Crippen molar-refractivity contribution in [2.45, 2.75) is 39.4 Å². The maximum atomic E-state index is 4.06. The Labute approximate surface area is 91.1 Å². The third-order valence-corrected chi connectivity index (χ3v) is 3.20. The van der Waals surface area contributed by atoms with E-state index in [2.05, 4.69) is 41.2 Å². The molecule has 2 unspecified atom stereocenters. The van der Waals surface area contributed by atoms with Crippen molar-refractivity contribution in [3.63, 3.8) is 0 Å². The van der Waals surface area contributed by atoms with Crippen LogP contribution in [0.25, 0.3) is 0 Å². The molecule has 0 aliphatic carbocycles. The Morgan fingerprint density at radius 2 is 2.33 bits per heavy atom. The molecule has 84 valence electrons. The zero-order valence-electron chi connectivity index (χ0n) is 9.75. The van der Waals surface area contributed by atoms with Crippen LogP contribution in [0.2, 0.25) is 0 Å². The summed E-state index contributed by atoms with van der Waals surface area (Å²) in [5.41, 5.74) is 2.50. The molecule has 1 aromatic rings. The van der Waals surface area contributed by atoms with Gasteiger partial charge in [0.1, 0.15) is 0 Å². The van der Waals surface area contributed by atoms with Crippen LogP contribution in [0.1, 0.15) is 25.1 Å². The van der Waals surface area contributed by atoms with Crippen molar-refractivity contribution >= 4 is 0 Å². The first kappa shape index (κ1) is 10.6. The third-order valence-electron chi connectivity index (χ3n) is 3.20. The molecule has 4 heteroatoms. The highest BCUT2D eigenvalue weighted by Crippen LogP contribution is 2.13. The Bertz CT molecular complexity index is 320. The molecular formula is C11H20N4. The molecule has 2 heterocycles. The first-order valence-corrected chi connectivity index (χ1v) is 5.63. The molecular weight excluding hydrogens is 188 g/mol. The van der Waals surface area contributed by atoms with Crippen LogP contribution >= 0.6 is 0 Å². The molecule has 0 bridgehead atoms. The van der Waals surface area contributed by atoms with Gasteiger partial charge in [-0.3, -0.25) is 10.00 Å². The van der Waals surface area contributed by atoms with Crippen molar-refractivity contribution in [1.29, 1.82) is 0 Å². The normalized spacial score (nSPS) is 28.2. The number of piperazine rings is 1. The van der Waals surface area contributed by atoms with Crippen LogP contribution in [-0.2, 0) is 6.54 Å². The molecule has 1 aliphatic heterocycles. The first-order chi connectivity index (χ1) is 7.16. The van der Waals surface area contributed by atoms with E-state index in [0.717, 1.165) is 19.6 Å². The Morgan fingerprint density at radius 3 is 3.00 bits per heavy atom. The van der Waals surface area contributed by atoms with Crippen molar-refractivity contribution in [3.8, 4) is 0 Å². The summed E-state index contributed by atoms with van der Waals surface area (Å²) >= 11 is 0. The number of aromatic amines is 1. The molecule has 2 N–H and O–H groups in total. The number of rotatable bonds is 2. The van der Waals surface area contributed by atoms with Crippen LogP contribution in [0.4, 0.5) is 0 Å². The number of nitrogens with one attached hydrogen (secondary N) is 2. The van der Waals surface area contributed by atoms with Gasteiger partial charge >= 0.3 is 0 Å². The van der Waals surface area contributed by atoms with E-state index in [1.165, 1.54) is 11.3 Å².